The van der Waals surface area contributed by atoms with Crippen LogP contribution in [0.2, 0.25) is 4.34 Å². The second kappa shape index (κ2) is 8.22. The van der Waals surface area contributed by atoms with E-state index < -0.39 is 10.0 Å². The van der Waals surface area contributed by atoms with Gasteiger partial charge in [-0.2, -0.15) is 0 Å². The molecule has 2 fully saturated rings. The van der Waals surface area contributed by atoms with Crippen LogP contribution in [-0.2, 0) is 14.8 Å². The maximum absolute atomic E-state index is 12.1. The Hall–Kier alpha value is -0.870. The normalized spacial score (nSPS) is 26.2. The molecule has 0 spiro atoms. The van der Waals surface area contributed by atoms with E-state index in [4.69, 9.17) is 16.3 Å². The first-order valence-corrected chi connectivity index (χ1v) is 11.1. The molecule has 3 heterocycles. The lowest BCUT2D eigenvalue weighted by molar-refractivity contribution is 0.0992. The zero-order chi connectivity index (χ0) is 17.9. The second-order valence-corrected chi connectivity index (χ2v) is 9.79. The Morgan fingerprint density at radius 1 is 1.44 bits per heavy atom. The van der Waals surface area contributed by atoms with Gasteiger partial charge in [-0.05, 0) is 38.3 Å². The summed E-state index contributed by atoms with van der Waals surface area (Å²) < 4.78 is 33.3. The first-order valence-electron chi connectivity index (χ1n) is 8.43. The summed E-state index contributed by atoms with van der Waals surface area (Å²) in [5, 5.41) is 6.59. The van der Waals surface area contributed by atoms with Gasteiger partial charge >= 0.3 is 0 Å². The standard InChI is InChI=1S/C15H23ClN4O3S2/c1-2-17-15(20-11-9-10-3-4-12(11)23-10)18-7-8-19-25(21,22)14-6-5-13(16)24-14/h5-6,10-12,19H,2-4,7-9H2,1H3,(H2,17,18,20). The Bertz CT molecular complexity index is 722. The number of sulfonamides is 1. The summed E-state index contributed by atoms with van der Waals surface area (Å²) in [6.07, 6.45) is 3.86. The molecule has 3 N–H and O–H groups in total. The minimum Gasteiger partial charge on any atom is -0.373 e. The lowest BCUT2D eigenvalue weighted by atomic mass is 9.96. The minimum absolute atomic E-state index is 0.214. The Morgan fingerprint density at radius 3 is 2.88 bits per heavy atom. The lowest BCUT2D eigenvalue weighted by Crippen LogP contribution is -2.47. The monoisotopic (exact) mass is 406 g/mol. The topological polar surface area (TPSA) is 91.8 Å². The fourth-order valence-corrected chi connectivity index (χ4v) is 5.69. The third-order valence-corrected chi connectivity index (χ3v) is 7.44. The summed E-state index contributed by atoms with van der Waals surface area (Å²) >= 11 is 6.83. The number of rotatable bonds is 7. The molecule has 3 atom stereocenters. The van der Waals surface area contributed by atoms with Crippen molar-refractivity contribution in [3.63, 3.8) is 0 Å². The predicted octanol–water partition coefficient (Wildman–Crippen LogP) is 1.55. The average Bonchev–Trinajstić information content (AvgIpc) is 3.28. The van der Waals surface area contributed by atoms with E-state index >= 15 is 0 Å². The molecule has 0 aliphatic carbocycles. The van der Waals surface area contributed by atoms with Gasteiger partial charge in [0.1, 0.15) is 4.21 Å². The summed E-state index contributed by atoms with van der Waals surface area (Å²) in [6.45, 7) is 3.31. The largest absolute Gasteiger partial charge is 0.373 e. The van der Waals surface area contributed by atoms with Gasteiger partial charge in [-0.15, -0.1) is 11.3 Å². The van der Waals surface area contributed by atoms with Crippen LogP contribution in [0.4, 0.5) is 0 Å². The number of fused-ring (bicyclic) bond motifs is 2. The molecule has 0 radical (unpaired) electrons. The molecule has 2 bridgehead atoms. The molecule has 1 aromatic heterocycles. The Kier molecular flexibility index (Phi) is 6.21. The van der Waals surface area contributed by atoms with Crippen LogP contribution in [-0.4, -0.2) is 52.3 Å². The highest BCUT2D eigenvalue weighted by Gasteiger charge is 2.41. The molecule has 25 heavy (non-hydrogen) atoms. The number of guanidine groups is 1. The van der Waals surface area contributed by atoms with Crippen LogP contribution in [0.25, 0.3) is 0 Å². The first-order chi connectivity index (χ1) is 12.0. The van der Waals surface area contributed by atoms with Crippen molar-refractivity contribution in [2.75, 3.05) is 19.6 Å². The molecular weight excluding hydrogens is 384 g/mol. The summed E-state index contributed by atoms with van der Waals surface area (Å²) in [4.78, 5) is 4.45. The molecule has 2 aliphatic heterocycles. The molecule has 2 aliphatic rings. The predicted molar refractivity (Wildman–Crippen MR) is 99.9 cm³/mol. The van der Waals surface area contributed by atoms with Crippen LogP contribution in [0.1, 0.15) is 26.2 Å². The van der Waals surface area contributed by atoms with Gasteiger partial charge in [0.25, 0.3) is 0 Å². The molecule has 140 valence electrons. The average molecular weight is 407 g/mol. The van der Waals surface area contributed by atoms with E-state index in [1.807, 2.05) is 6.92 Å². The van der Waals surface area contributed by atoms with Crippen molar-refractivity contribution in [2.45, 2.75) is 48.6 Å². The van der Waals surface area contributed by atoms with Crippen LogP contribution in [0.5, 0.6) is 0 Å². The molecule has 2 saturated heterocycles. The number of ether oxygens (including phenoxy) is 1. The minimum atomic E-state index is -3.52. The van der Waals surface area contributed by atoms with Gasteiger partial charge in [-0.25, -0.2) is 13.1 Å². The molecule has 10 heteroatoms. The summed E-state index contributed by atoms with van der Waals surface area (Å²) in [6, 6.07) is 3.35. The number of hydrogen-bond acceptors (Lipinski definition) is 5. The van der Waals surface area contributed by atoms with Crippen LogP contribution in [0.15, 0.2) is 21.3 Å². The molecule has 0 saturated carbocycles. The summed E-state index contributed by atoms with van der Waals surface area (Å²) in [5.74, 6) is 0.696. The van der Waals surface area contributed by atoms with E-state index in [-0.39, 0.29) is 22.9 Å². The lowest BCUT2D eigenvalue weighted by Gasteiger charge is -2.22. The van der Waals surface area contributed by atoms with Crippen LogP contribution >= 0.6 is 22.9 Å². The van der Waals surface area contributed by atoms with Gasteiger partial charge in [-0.1, -0.05) is 11.6 Å². The van der Waals surface area contributed by atoms with Crippen molar-refractivity contribution >= 4 is 38.9 Å². The van der Waals surface area contributed by atoms with Crippen molar-refractivity contribution in [1.29, 1.82) is 0 Å². The van der Waals surface area contributed by atoms with Crippen molar-refractivity contribution in [2.24, 2.45) is 4.99 Å². The van der Waals surface area contributed by atoms with Gasteiger partial charge in [-0.3, -0.25) is 4.99 Å². The van der Waals surface area contributed by atoms with E-state index in [1.165, 1.54) is 6.07 Å². The van der Waals surface area contributed by atoms with Crippen molar-refractivity contribution < 1.29 is 13.2 Å². The molecule has 3 unspecified atom stereocenters. The maximum Gasteiger partial charge on any atom is 0.250 e. The highest BCUT2D eigenvalue weighted by molar-refractivity contribution is 7.91. The van der Waals surface area contributed by atoms with E-state index in [0.717, 1.165) is 37.1 Å². The fraction of sp³-hybridized carbons (Fsp3) is 0.667. The zero-order valence-electron chi connectivity index (χ0n) is 14.0. The fourth-order valence-electron chi connectivity index (χ4n) is 3.15. The molecular formula is C15H23ClN4O3S2. The number of halogens is 1. The van der Waals surface area contributed by atoms with E-state index in [9.17, 15) is 8.42 Å². The SMILES string of the molecule is CCNC(=NCCNS(=O)(=O)c1ccc(Cl)s1)NC1CC2CCC1O2. The highest BCUT2D eigenvalue weighted by Crippen LogP contribution is 2.34. The Morgan fingerprint density at radius 2 is 2.28 bits per heavy atom. The molecule has 1 aromatic rings. The molecule has 0 aromatic carbocycles. The van der Waals surface area contributed by atoms with Crippen molar-refractivity contribution in [3.8, 4) is 0 Å². The Balaban J connectivity index is 1.50. The number of hydrogen-bond donors (Lipinski definition) is 3. The second-order valence-electron chi connectivity index (χ2n) is 6.08. The van der Waals surface area contributed by atoms with E-state index in [1.54, 1.807) is 6.07 Å². The summed E-state index contributed by atoms with van der Waals surface area (Å²) in [5.41, 5.74) is 0. The third-order valence-electron chi connectivity index (χ3n) is 4.26. The highest BCUT2D eigenvalue weighted by atomic mass is 35.5. The zero-order valence-corrected chi connectivity index (χ0v) is 16.4. The quantitative estimate of drug-likeness (QED) is 0.363. The van der Waals surface area contributed by atoms with Crippen LogP contribution < -0.4 is 15.4 Å². The number of nitrogens with zero attached hydrogens (tertiary/aromatic N) is 1. The van der Waals surface area contributed by atoms with Gasteiger partial charge in [0.15, 0.2) is 5.96 Å². The molecule has 0 amide bonds. The number of thiophene rings is 1. The van der Waals surface area contributed by atoms with Gasteiger partial charge in [0.2, 0.25) is 10.0 Å². The van der Waals surface area contributed by atoms with Gasteiger partial charge in [0.05, 0.1) is 29.1 Å². The smallest absolute Gasteiger partial charge is 0.250 e. The maximum atomic E-state index is 12.1. The van der Waals surface area contributed by atoms with Crippen LogP contribution in [0, 0.1) is 0 Å². The van der Waals surface area contributed by atoms with Crippen LogP contribution in [0.3, 0.4) is 0 Å². The number of aliphatic imine (C=N–C) groups is 1. The van der Waals surface area contributed by atoms with Crippen molar-refractivity contribution in [3.05, 3.63) is 16.5 Å². The van der Waals surface area contributed by atoms with E-state index in [0.29, 0.717) is 22.9 Å². The van der Waals surface area contributed by atoms with E-state index in [2.05, 4.69) is 20.3 Å². The molecule has 7 nitrogen and oxygen atoms in total. The first kappa shape index (κ1) is 18.9. The molecule has 3 rings (SSSR count). The Labute approximate surface area is 157 Å². The third kappa shape index (κ3) is 4.85. The summed E-state index contributed by atoms with van der Waals surface area (Å²) in [7, 11) is -3.52. The van der Waals surface area contributed by atoms with Gasteiger partial charge < -0.3 is 15.4 Å². The number of nitrogens with one attached hydrogen (secondary N) is 3. The van der Waals surface area contributed by atoms with Crippen molar-refractivity contribution in [1.82, 2.24) is 15.4 Å². The van der Waals surface area contributed by atoms with Gasteiger partial charge in [0, 0.05) is 13.1 Å².